The molecule has 0 amide bonds. The summed E-state index contributed by atoms with van der Waals surface area (Å²) >= 11 is 6.95. The van der Waals surface area contributed by atoms with Gasteiger partial charge in [0.2, 0.25) is 0 Å². The fourth-order valence-electron chi connectivity index (χ4n) is 2.22. The highest BCUT2D eigenvalue weighted by Crippen LogP contribution is 2.28. The van der Waals surface area contributed by atoms with E-state index in [9.17, 15) is 0 Å². The number of nitrogens with zero attached hydrogens (tertiary/aromatic N) is 1. The van der Waals surface area contributed by atoms with Crippen molar-refractivity contribution in [3.8, 4) is 0 Å². The number of hydrogen-bond acceptors (Lipinski definition) is 4. The van der Waals surface area contributed by atoms with E-state index in [1.807, 2.05) is 0 Å². The minimum Gasteiger partial charge on any atom is -0.326 e. The molecular weight excluding hydrogens is 328 g/mol. The summed E-state index contributed by atoms with van der Waals surface area (Å²) in [5.74, 6) is 0. The van der Waals surface area contributed by atoms with Crippen LogP contribution < -0.4 is 5.73 Å². The average Bonchev–Trinajstić information content (AvgIpc) is 2.90. The zero-order valence-corrected chi connectivity index (χ0v) is 13.7. The molecule has 2 rings (SSSR count). The van der Waals surface area contributed by atoms with Crippen molar-refractivity contribution in [2.75, 3.05) is 7.05 Å². The lowest BCUT2D eigenvalue weighted by Crippen LogP contribution is -2.36. The van der Waals surface area contributed by atoms with Crippen LogP contribution in [0.3, 0.4) is 0 Å². The predicted molar refractivity (Wildman–Crippen MR) is 84.2 cm³/mol. The molecule has 2 aromatic heterocycles. The van der Waals surface area contributed by atoms with Crippen LogP contribution in [0.1, 0.15) is 24.1 Å². The fraction of sp³-hybridized carbons (Fsp3) is 0.385. The van der Waals surface area contributed by atoms with E-state index in [1.54, 1.807) is 22.7 Å². The molecule has 0 spiro atoms. The van der Waals surface area contributed by atoms with Crippen LogP contribution in [0.2, 0.25) is 0 Å². The molecule has 0 aliphatic carbocycles. The summed E-state index contributed by atoms with van der Waals surface area (Å²) < 4.78 is 1.18. The number of nitrogens with two attached hydrogens (primary N) is 1. The van der Waals surface area contributed by atoms with Gasteiger partial charge >= 0.3 is 0 Å². The molecule has 2 atom stereocenters. The summed E-state index contributed by atoms with van der Waals surface area (Å²) in [6.07, 6.45) is 0. The molecule has 0 aromatic carbocycles. The van der Waals surface area contributed by atoms with Gasteiger partial charge in [0.05, 0.1) is 9.83 Å². The molecule has 98 valence electrons. The molecule has 0 saturated carbocycles. The van der Waals surface area contributed by atoms with E-state index in [4.69, 9.17) is 5.73 Å². The normalized spacial score (nSPS) is 14.9. The maximum atomic E-state index is 6.14. The second kappa shape index (κ2) is 6.30. The summed E-state index contributed by atoms with van der Waals surface area (Å²) in [6.45, 7) is 2.99. The Morgan fingerprint density at radius 2 is 2.22 bits per heavy atom. The van der Waals surface area contributed by atoms with E-state index in [1.165, 1.54) is 14.9 Å². The summed E-state index contributed by atoms with van der Waals surface area (Å²) in [6, 6.07) is 4.73. The summed E-state index contributed by atoms with van der Waals surface area (Å²) in [5.41, 5.74) is 8.78. The highest BCUT2D eigenvalue weighted by atomic mass is 79.9. The van der Waals surface area contributed by atoms with Gasteiger partial charge in [-0.25, -0.2) is 0 Å². The molecule has 2 aromatic rings. The molecule has 18 heavy (non-hydrogen) atoms. The number of hydrogen-bond donors (Lipinski definition) is 1. The van der Waals surface area contributed by atoms with Gasteiger partial charge in [-0.3, -0.25) is 4.90 Å². The van der Waals surface area contributed by atoms with Gasteiger partial charge in [0, 0.05) is 12.6 Å². The Hall–Kier alpha value is -0.200. The van der Waals surface area contributed by atoms with Crippen molar-refractivity contribution >= 4 is 38.6 Å². The third-order valence-corrected chi connectivity index (χ3v) is 5.17. The molecule has 0 radical (unpaired) electrons. The molecule has 0 saturated heterocycles. The minimum absolute atomic E-state index is 0.117. The van der Waals surface area contributed by atoms with Gasteiger partial charge in [-0.1, -0.05) is 0 Å². The Labute approximate surface area is 125 Å². The van der Waals surface area contributed by atoms with Crippen LogP contribution in [0, 0.1) is 0 Å². The Kier molecular flexibility index (Phi) is 4.98. The van der Waals surface area contributed by atoms with Gasteiger partial charge < -0.3 is 5.73 Å². The standard InChI is InChI=1S/C13H17BrN2S2/c1-9(15)13(11-3-4-17-8-11)16(2)6-10-5-12(14)18-7-10/h3-5,7-9,13H,6,15H2,1-2H3. The van der Waals surface area contributed by atoms with Crippen molar-refractivity contribution in [1.82, 2.24) is 4.90 Å². The van der Waals surface area contributed by atoms with Crippen molar-refractivity contribution in [2.24, 2.45) is 5.73 Å². The van der Waals surface area contributed by atoms with Gasteiger partial charge in [-0.2, -0.15) is 11.3 Å². The van der Waals surface area contributed by atoms with Crippen LogP contribution in [0.5, 0.6) is 0 Å². The van der Waals surface area contributed by atoms with Gasteiger partial charge in [0.1, 0.15) is 0 Å². The highest BCUT2D eigenvalue weighted by Gasteiger charge is 2.21. The molecule has 2 nitrogen and oxygen atoms in total. The number of halogens is 1. The summed E-state index contributed by atoms with van der Waals surface area (Å²) in [5, 5.41) is 6.49. The van der Waals surface area contributed by atoms with E-state index < -0.39 is 0 Å². The first-order valence-corrected chi connectivity index (χ1v) is 8.40. The fourth-order valence-corrected chi connectivity index (χ4v) is 4.11. The topological polar surface area (TPSA) is 29.3 Å². The number of likely N-dealkylation sites (N-methyl/N-ethyl adjacent to an activating group) is 1. The first-order valence-electron chi connectivity index (χ1n) is 5.78. The summed E-state index contributed by atoms with van der Waals surface area (Å²) in [7, 11) is 2.14. The third kappa shape index (κ3) is 3.42. The van der Waals surface area contributed by atoms with Crippen LogP contribution in [-0.2, 0) is 6.54 Å². The number of thiophene rings is 2. The van der Waals surface area contributed by atoms with Gasteiger partial charge in [0.15, 0.2) is 0 Å². The summed E-state index contributed by atoms with van der Waals surface area (Å²) in [4.78, 5) is 2.32. The van der Waals surface area contributed by atoms with Crippen LogP contribution in [-0.4, -0.2) is 18.0 Å². The van der Waals surface area contributed by atoms with E-state index in [2.05, 4.69) is 63.1 Å². The molecule has 2 heterocycles. The van der Waals surface area contributed by atoms with Gasteiger partial charge in [-0.15, -0.1) is 11.3 Å². The Morgan fingerprint density at radius 3 is 2.72 bits per heavy atom. The first kappa shape index (κ1) is 14.2. The van der Waals surface area contributed by atoms with Crippen LogP contribution >= 0.6 is 38.6 Å². The maximum Gasteiger partial charge on any atom is 0.0701 e. The zero-order chi connectivity index (χ0) is 13.1. The quantitative estimate of drug-likeness (QED) is 0.884. The monoisotopic (exact) mass is 344 g/mol. The first-order chi connectivity index (χ1) is 8.58. The van der Waals surface area contributed by atoms with Crippen molar-refractivity contribution < 1.29 is 0 Å². The predicted octanol–water partition coefficient (Wildman–Crippen LogP) is 4.09. The molecule has 2 N–H and O–H groups in total. The zero-order valence-electron chi connectivity index (χ0n) is 10.5. The van der Waals surface area contributed by atoms with Crippen LogP contribution in [0.25, 0.3) is 0 Å². The van der Waals surface area contributed by atoms with Gasteiger partial charge in [0.25, 0.3) is 0 Å². The molecule has 0 aliphatic heterocycles. The van der Waals surface area contributed by atoms with E-state index in [-0.39, 0.29) is 12.1 Å². The smallest absolute Gasteiger partial charge is 0.0701 e. The van der Waals surface area contributed by atoms with Crippen molar-refractivity contribution in [2.45, 2.75) is 25.6 Å². The SMILES string of the molecule is CC(N)C(c1ccsc1)N(C)Cc1csc(Br)c1. The molecule has 5 heteroatoms. The molecular formula is C13H17BrN2S2. The van der Waals surface area contributed by atoms with Crippen molar-refractivity contribution in [1.29, 1.82) is 0 Å². The van der Waals surface area contributed by atoms with Gasteiger partial charge in [-0.05, 0) is 69.3 Å². The second-order valence-corrected chi connectivity index (χ2v) is 7.61. The average molecular weight is 345 g/mol. The van der Waals surface area contributed by atoms with E-state index >= 15 is 0 Å². The Balaban J connectivity index is 2.11. The Morgan fingerprint density at radius 1 is 1.44 bits per heavy atom. The largest absolute Gasteiger partial charge is 0.326 e. The van der Waals surface area contributed by atoms with Crippen LogP contribution in [0.4, 0.5) is 0 Å². The number of rotatable bonds is 5. The molecule has 0 bridgehead atoms. The van der Waals surface area contributed by atoms with E-state index in [0.717, 1.165) is 6.54 Å². The lowest BCUT2D eigenvalue weighted by Gasteiger charge is -2.30. The van der Waals surface area contributed by atoms with Crippen molar-refractivity contribution in [3.05, 3.63) is 43.2 Å². The highest BCUT2D eigenvalue weighted by molar-refractivity contribution is 9.11. The van der Waals surface area contributed by atoms with E-state index in [0.29, 0.717) is 0 Å². The molecule has 0 fully saturated rings. The molecule has 2 unspecified atom stereocenters. The van der Waals surface area contributed by atoms with Crippen molar-refractivity contribution in [3.63, 3.8) is 0 Å². The maximum absolute atomic E-state index is 6.14. The Bertz CT molecular complexity index is 479. The minimum atomic E-state index is 0.117. The lowest BCUT2D eigenvalue weighted by atomic mass is 10.0. The second-order valence-electron chi connectivity index (χ2n) is 4.53. The molecule has 0 aliphatic rings. The van der Waals surface area contributed by atoms with Crippen LogP contribution in [0.15, 0.2) is 32.1 Å². The third-order valence-electron chi connectivity index (χ3n) is 2.91. The lowest BCUT2D eigenvalue weighted by molar-refractivity contribution is 0.211.